The number of benzene rings is 6. The Kier molecular flexibility index (Phi) is 4.56. The molecule has 0 unspecified atom stereocenters. The van der Waals surface area contributed by atoms with Gasteiger partial charge in [-0.05, 0) is 62.0 Å². The van der Waals surface area contributed by atoms with E-state index in [9.17, 15) is 0 Å². The third-order valence-electron chi connectivity index (χ3n) is 7.72. The standard InChI is InChI=1S/C35H26O/c1-35(2)30-17-8-9-18-32(30)36-33-22-25(19-20-31(33)35)27-15-10-16-28-26-14-7-6-13-24(26)21-29(34(27)28)23-11-4-3-5-12-23/h3-22H,1-2H3. The van der Waals surface area contributed by atoms with E-state index in [0.717, 1.165) is 11.5 Å². The zero-order valence-corrected chi connectivity index (χ0v) is 20.5. The molecular weight excluding hydrogens is 436 g/mol. The summed E-state index contributed by atoms with van der Waals surface area (Å²) in [5.41, 5.74) is 7.20. The molecule has 6 aromatic carbocycles. The molecule has 1 nitrogen and oxygen atoms in total. The van der Waals surface area contributed by atoms with Crippen LogP contribution in [0.4, 0.5) is 0 Å². The van der Waals surface area contributed by atoms with E-state index in [1.807, 2.05) is 6.07 Å². The number of fused-ring (bicyclic) bond motifs is 5. The highest BCUT2D eigenvalue weighted by Crippen LogP contribution is 2.49. The first-order chi connectivity index (χ1) is 17.6. The summed E-state index contributed by atoms with van der Waals surface area (Å²) in [5.74, 6) is 1.89. The predicted molar refractivity (Wildman–Crippen MR) is 151 cm³/mol. The summed E-state index contributed by atoms with van der Waals surface area (Å²) in [6.07, 6.45) is 0. The van der Waals surface area contributed by atoms with Crippen LogP contribution in [0.25, 0.3) is 43.8 Å². The third-order valence-corrected chi connectivity index (χ3v) is 7.72. The van der Waals surface area contributed by atoms with Crippen LogP contribution in [-0.4, -0.2) is 0 Å². The number of para-hydroxylation sites is 1. The Morgan fingerprint density at radius 2 is 1.22 bits per heavy atom. The minimum atomic E-state index is -0.118. The zero-order chi connectivity index (χ0) is 24.3. The van der Waals surface area contributed by atoms with Crippen LogP contribution >= 0.6 is 0 Å². The van der Waals surface area contributed by atoms with Crippen LogP contribution < -0.4 is 4.74 Å². The van der Waals surface area contributed by atoms with Gasteiger partial charge in [-0.1, -0.05) is 117 Å². The van der Waals surface area contributed by atoms with Gasteiger partial charge < -0.3 is 4.74 Å². The third kappa shape index (κ3) is 3.09. The molecule has 0 N–H and O–H groups in total. The first-order valence-corrected chi connectivity index (χ1v) is 12.5. The molecule has 0 aliphatic carbocycles. The molecule has 7 rings (SSSR count). The molecule has 1 aliphatic rings. The SMILES string of the molecule is CC1(C)c2ccccc2Oc2cc(-c3cccc4c3c(-c3ccccc3)cc3ccccc34)ccc21. The lowest BCUT2D eigenvalue weighted by Crippen LogP contribution is -2.24. The largest absolute Gasteiger partial charge is 0.457 e. The Hall–Kier alpha value is -4.36. The van der Waals surface area contributed by atoms with Crippen molar-refractivity contribution < 1.29 is 4.74 Å². The van der Waals surface area contributed by atoms with Crippen LogP contribution in [0, 0.1) is 0 Å². The number of rotatable bonds is 2. The lowest BCUT2D eigenvalue weighted by atomic mass is 9.75. The van der Waals surface area contributed by atoms with Crippen molar-refractivity contribution in [1.29, 1.82) is 0 Å². The molecule has 6 aromatic rings. The lowest BCUT2D eigenvalue weighted by Gasteiger charge is -2.34. The van der Waals surface area contributed by atoms with E-state index in [2.05, 4.69) is 129 Å². The van der Waals surface area contributed by atoms with Gasteiger partial charge in [0.05, 0.1) is 0 Å². The summed E-state index contributed by atoms with van der Waals surface area (Å²) in [5, 5.41) is 5.08. The van der Waals surface area contributed by atoms with Crippen LogP contribution in [0.1, 0.15) is 25.0 Å². The van der Waals surface area contributed by atoms with Crippen molar-refractivity contribution >= 4 is 21.5 Å². The Labute approximate surface area is 211 Å². The van der Waals surface area contributed by atoms with Crippen LogP contribution in [0.15, 0.2) is 121 Å². The second kappa shape index (κ2) is 7.83. The molecule has 0 saturated carbocycles. The van der Waals surface area contributed by atoms with Crippen molar-refractivity contribution in [2.45, 2.75) is 19.3 Å². The molecule has 172 valence electrons. The fourth-order valence-corrected chi connectivity index (χ4v) is 5.87. The minimum absolute atomic E-state index is 0.118. The van der Waals surface area contributed by atoms with E-state index < -0.39 is 0 Å². The van der Waals surface area contributed by atoms with Gasteiger partial charge in [0.25, 0.3) is 0 Å². The average Bonchev–Trinajstić information content (AvgIpc) is 2.92. The Morgan fingerprint density at radius 1 is 0.500 bits per heavy atom. The molecule has 0 amide bonds. The summed E-state index contributed by atoms with van der Waals surface area (Å²) in [6.45, 7) is 4.56. The first-order valence-electron chi connectivity index (χ1n) is 12.5. The maximum atomic E-state index is 6.47. The summed E-state index contributed by atoms with van der Waals surface area (Å²) in [7, 11) is 0. The van der Waals surface area contributed by atoms with Gasteiger partial charge in [0.1, 0.15) is 11.5 Å². The van der Waals surface area contributed by atoms with Crippen LogP contribution in [0.3, 0.4) is 0 Å². The molecule has 0 aromatic heterocycles. The molecular formula is C35H26O. The minimum Gasteiger partial charge on any atom is -0.457 e. The van der Waals surface area contributed by atoms with Crippen molar-refractivity contribution in [2.75, 3.05) is 0 Å². The summed E-state index contributed by atoms with van der Waals surface area (Å²) >= 11 is 0. The summed E-state index contributed by atoms with van der Waals surface area (Å²) in [6, 6.07) is 43.5. The molecule has 36 heavy (non-hydrogen) atoms. The average molecular weight is 463 g/mol. The fraction of sp³-hybridized carbons (Fsp3) is 0.0857. The van der Waals surface area contributed by atoms with Crippen LogP contribution in [-0.2, 0) is 5.41 Å². The fourth-order valence-electron chi connectivity index (χ4n) is 5.87. The number of ether oxygens (including phenoxy) is 1. The lowest BCUT2D eigenvalue weighted by molar-refractivity contribution is 0.418. The molecule has 1 aliphatic heterocycles. The van der Waals surface area contributed by atoms with E-state index in [-0.39, 0.29) is 5.41 Å². The number of hydrogen-bond acceptors (Lipinski definition) is 1. The molecule has 0 bridgehead atoms. The Morgan fingerprint density at radius 3 is 2.11 bits per heavy atom. The highest BCUT2D eigenvalue weighted by atomic mass is 16.5. The van der Waals surface area contributed by atoms with Crippen molar-refractivity contribution in [3.63, 3.8) is 0 Å². The molecule has 0 radical (unpaired) electrons. The molecule has 0 atom stereocenters. The van der Waals surface area contributed by atoms with Crippen LogP contribution in [0.5, 0.6) is 11.5 Å². The van der Waals surface area contributed by atoms with Gasteiger partial charge in [0.15, 0.2) is 0 Å². The summed E-state index contributed by atoms with van der Waals surface area (Å²) < 4.78 is 6.47. The van der Waals surface area contributed by atoms with Crippen LogP contribution in [0.2, 0.25) is 0 Å². The van der Waals surface area contributed by atoms with E-state index in [0.29, 0.717) is 0 Å². The van der Waals surface area contributed by atoms with Gasteiger partial charge in [-0.2, -0.15) is 0 Å². The second-order valence-corrected chi connectivity index (χ2v) is 10.2. The molecule has 0 saturated heterocycles. The van der Waals surface area contributed by atoms with Crippen molar-refractivity contribution in [1.82, 2.24) is 0 Å². The first kappa shape index (κ1) is 21.0. The van der Waals surface area contributed by atoms with Gasteiger partial charge in [0, 0.05) is 16.5 Å². The van der Waals surface area contributed by atoms with Gasteiger partial charge in [-0.3, -0.25) is 0 Å². The van der Waals surface area contributed by atoms with E-state index in [4.69, 9.17) is 4.74 Å². The maximum absolute atomic E-state index is 6.47. The quantitative estimate of drug-likeness (QED) is 0.233. The van der Waals surface area contributed by atoms with Gasteiger partial charge in [0.2, 0.25) is 0 Å². The van der Waals surface area contributed by atoms with Gasteiger partial charge in [-0.15, -0.1) is 0 Å². The molecule has 0 spiro atoms. The molecule has 1 heterocycles. The van der Waals surface area contributed by atoms with Crippen molar-refractivity contribution in [3.05, 3.63) is 132 Å². The van der Waals surface area contributed by atoms with E-state index in [1.54, 1.807) is 0 Å². The summed E-state index contributed by atoms with van der Waals surface area (Å²) in [4.78, 5) is 0. The Balaban J connectivity index is 1.51. The predicted octanol–water partition coefficient (Wildman–Crippen LogP) is 9.76. The monoisotopic (exact) mass is 462 g/mol. The van der Waals surface area contributed by atoms with Crippen molar-refractivity contribution in [3.8, 4) is 33.8 Å². The smallest absolute Gasteiger partial charge is 0.132 e. The Bertz CT molecular complexity index is 1780. The normalized spacial score (nSPS) is 13.7. The maximum Gasteiger partial charge on any atom is 0.132 e. The van der Waals surface area contributed by atoms with Gasteiger partial charge in [-0.25, -0.2) is 0 Å². The topological polar surface area (TPSA) is 9.23 Å². The zero-order valence-electron chi connectivity index (χ0n) is 20.5. The van der Waals surface area contributed by atoms with Crippen molar-refractivity contribution in [2.24, 2.45) is 0 Å². The highest BCUT2D eigenvalue weighted by Gasteiger charge is 2.34. The highest BCUT2D eigenvalue weighted by molar-refractivity contribution is 6.18. The molecule has 0 fully saturated rings. The van der Waals surface area contributed by atoms with E-state index >= 15 is 0 Å². The molecule has 1 heteroatoms. The van der Waals surface area contributed by atoms with E-state index in [1.165, 1.54) is 54.9 Å². The van der Waals surface area contributed by atoms with Gasteiger partial charge >= 0.3 is 0 Å². The number of hydrogen-bond donors (Lipinski definition) is 0. The second-order valence-electron chi connectivity index (χ2n) is 10.2.